The summed E-state index contributed by atoms with van der Waals surface area (Å²) in [5.41, 5.74) is 5.47. The van der Waals surface area contributed by atoms with Gasteiger partial charge in [0.25, 0.3) is 0 Å². The highest BCUT2D eigenvalue weighted by molar-refractivity contribution is 8.01. The molecule has 0 spiro atoms. The Hall–Kier alpha value is -0.680. The molecular weight excluding hydrogens is 216 g/mol. The zero-order chi connectivity index (χ0) is 10.4. The van der Waals surface area contributed by atoms with Crippen molar-refractivity contribution in [2.24, 2.45) is 10.9 Å². The number of thioether (sulfide) groups is 1. The molecule has 5 heteroatoms. The number of oxime groups is 1. The Morgan fingerprint density at radius 1 is 1.79 bits per heavy atom. The normalized spacial score (nSPS) is 14.2. The molecule has 1 unspecified atom stereocenters. The molecule has 0 bridgehead atoms. The lowest BCUT2D eigenvalue weighted by molar-refractivity contribution is 0.316. The molecule has 14 heavy (non-hydrogen) atoms. The van der Waals surface area contributed by atoms with Gasteiger partial charge < -0.3 is 10.9 Å². The van der Waals surface area contributed by atoms with E-state index in [2.05, 4.69) is 23.5 Å². The molecule has 0 aromatic carbocycles. The van der Waals surface area contributed by atoms with Crippen LogP contribution in [-0.2, 0) is 0 Å². The number of amidine groups is 1. The molecule has 1 aromatic heterocycles. The van der Waals surface area contributed by atoms with E-state index < -0.39 is 0 Å². The van der Waals surface area contributed by atoms with E-state index in [1.54, 1.807) is 23.1 Å². The first-order chi connectivity index (χ1) is 6.76. The fraction of sp³-hybridized carbons (Fsp3) is 0.444. The van der Waals surface area contributed by atoms with Crippen LogP contribution in [-0.4, -0.2) is 16.3 Å². The van der Waals surface area contributed by atoms with Gasteiger partial charge in [-0.3, -0.25) is 0 Å². The van der Waals surface area contributed by atoms with Gasteiger partial charge in [0.05, 0.1) is 4.21 Å². The smallest absolute Gasteiger partial charge is 0.140 e. The van der Waals surface area contributed by atoms with Crippen molar-refractivity contribution in [3.8, 4) is 0 Å². The SMILES string of the molecule is CCC(C/C(N)=N/O)Sc1cccs1. The molecule has 3 N–H and O–H groups in total. The van der Waals surface area contributed by atoms with Gasteiger partial charge in [0.2, 0.25) is 0 Å². The minimum absolute atomic E-state index is 0.306. The molecule has 0 aliphatic carbocycles. The number of thiophene rings is 1. The van der Waals surface area contributed by atoms with Crippen LogP contribution in [0.4, 0.5) is 0 Å². The van der Waals surface area contributed by atoms with E-state index in [-0.39, 0.29) is 0 Å². The Kier molecular flexibility index (Phi) is 4.82. The van der Waals surface area contributed by atoms with Crippen molar-refractivity contribution in [2.45, 2.75) is 29.2 Å². The summed E-state index contributed by atoms with van der Waals surface area (Å²) >= 11 is 3.51. The van der Waals surface area contributed by atoms with Crippen LogP contribution in [0.1, 0.15) is 19.8 Å². The summed E-state index contributed by atoms with van der Waals surface area (Å²) in [5.74, 6) is 0.306. The molecule has 0 aliphatic rings. The molecule has 78 valence electrons. The van der Waals surface area contributed by atoms with Crippen LogP contribution in [0.25, 0.3) is 0 Å². The summed E-state index contributed by atoms with van der Waals surface area (Å²) in [6, 6.07) is 4.12. The van der Waals surface area contributed by atoms with Gasteiger partial charge in [-0.2, -0.15) is 0 Å². The average molecular weight is 230 g/mol. The van der Waals surface area contributed by atoms with Crippen molar-refractivity contribution in [3.63, 3.8) is 0 Å². The number of hydrogen-bond acceptors (Lipinski definition) is 4. The fourth-order valence-corrected chi connectivity index (χ4v) is 3.19. The number of nitrogens with two attached hydrogens (primary N) is 1. The minimum Gasteiger partial charge on any atom is -0.409 e. The van der Waals surface area contributed by atoms with E-state index in [1.165, 1.54) is 4.21 Å². The van der Waals surface area contributed by atoms with Crippen LogP contribution >= 0.6 is 23.1 Å². The van der Waals surface area contributed by atoms with Crippen molar-refractivity contribution in [1.82, 2.24) is 0 Å². The van der Waals surface area contributed by atoms with Crippen LogP contribution in [0, 0.1) is 0 Å². The lowest BCUT2D eigenvalue weighted by Crippen LogP contribution is -2.17. The lowest BCUT2D eigenvalue weighted by atomic mass is 10.2. The summed E-state index contributed by atoms with van der Waals surface area (Å²) in [6.45, 7) is 2.11. The largest absolute Gasteiger partial charge is 0.409 e. The Balaban J connectivity index is 2.47. The van der Waals surface area contributed by atoms with Gasteiger partial charge in [0.15, 0.2) is 0 Å². The molecule has 3 nitrogen and oxygen atoms in total. The van der Waals surface area contributed by atoms with Crippen molar-refractivity contribution >= 4 is 28.9 Å². The predicted molar refractivity (Wildman–Crippen MR) is 62.3 cm³/mol. The van der Waals surface area contributed by atoms with E-state index in [0.717, 1.165) is 6.42 Å². The molecule has 1 heterocycles. The first-order valence-corrected chi connectivity index (χ1v) is 6.18. The van der Waals surface area contributed by atoms with Crippen molar-refractivity contribution in [2.75, 3.05) is 0 Å². The molecule has 1 rings (SSSR count). The molecule has 1 atom stereocenters. The molecule has 0 aliphatic heterocycles. The second-order valence-corrected chi connectivity index (χ2v) is 5.42. The average Bonchev–Trinajstić information content (AvgIpc) is 2.69. The topological polar surface area (TPSA) is 58.6 Å². The number of rotatable bonds is 5. The molecule has 0 radical (unpaired) electrons. The maximum absolute atomic E-state index is 8.46. The highest BCUT2D eigenvalue weighted by Crippen LogP contribution is 2.30. The Morgan fingerprint density at radius 3 is 3.07 bits per heavy atom. The zero-order valence-electron chi connectivity index (χ0n) is 8.01. The maximum atomic E-state index is 8.46. The van der Waals surface area contributed by atoms with Crippen LogP contribution in [0.3, 0.4) is 0 Å². The van der Waals surface area contributed by atoms with E-state index >= 15 is 0 Å². The first-order valence-electron chi connectivity index (χ1n) is 4.42. The summed E-state index contributed by atoms with van der Waals surface area (Å²) in [6.07, 6.45) is 1.65. The van der Waals surface area contributed by atoms with E-state index in [4.69, 9.17) is 10.9 Å². The van der Waals surface area contributed by atoms with Crippen LogP contribution in [0.15, 0.2) is 26.9 Å². The molecule has 0 fully saturated rings. The van der Waals surface area contributed by atoms with E-state index in [9.17, 15) is 0 Å². The van der Waals surface area contributed by atoms with Crippen LogP contribution in [0.2, 0.25) is 0 Å². The quantitative estimate of drug-likeness (QED) is 0.269. The molecule has 0 saturated heterocycles. The van der Waals surface area contributed by atoms with Crippen molar-refractivity contribution in [3.05, 3.63) is 17.5 Å². The van der Waals surface area contributed by atoms with Gasteiger partial charge in [-0.25, -0.2) is 0 Å². The molecule has 0 saturated carbocycles. The van der Waals surface area contributed by atoms with Crippen molar-refractivity contribution in [1.29, 1.82) is 0 Å². The third kappa shape index (κ3) is 3.59. The third-order valence-electron chi connectivity index (χ3n) is 1.80. The van der Waals surface area contributed by atoms with Crippen LogP contribution in [0.5, 0.6) is 0 Å². The summed E-state index contributed by atoms with van der Waals surface area (Å²) in [7, 11) is 0. The molecule has 0 amide bonds. The molecular formula is C9H14N2OS2. The highest BCUT2D eigenvalue weighted by atomic mass is 32.2. The van der Waals surface area contributed by atoms with Gasteiger partial charge in [0, 0.05) is 11.7 Å². The Labute approximate surface area is 92.0 Å². The van der Waals surface area contributed by atoms with Gasteiger partial charge in [-0.1, -0.05) is 18.1 Å². The van der Waals surface area contributed by atoms with E-state index in [0.29, 0.717) is 17.5 Å². The fourth-order valence-electron chi connectivity index (χ4n) is 1.04. The standard InChI is InChI=1S/C9H14N2OS2/c1-2-7(6-8(10)11-12)14-9-4-3-5-13-9/h3-5,7,12H,2,6H2,1H3,(H2,10,11). The predicted octanol–water partition coefficient (Wildman–Crippen LogP) is 2.76. The minimum atomic E-state index is 0.306. The number of nitrogens with zero attached hydrogens (tertiary/aromatic N) is 1. The van der Waals surface area contributed by atoms with E-state index in [1.807, 2.05) is 6.07 Å². The lowest BCUT2D eigenvalue weighted by Gasteiger charge is -2.11. The summed E-state index contributed by atoms with van der Waals surface area (Å²) in [5, 5.41) is 13.9. The van der Waals surface area contributed by atoms with Gasteiger partial charge >= 0.3 is 0 Å². The monoisotopic (exact) mass is 230 g/mol. The maximum Gasteiger partial charge on any atom is 0.140 e. The molecule has 1 aromatic rings. The second-order valence-electron chi connectivity index (χ2n) is 2.88. The zero-order valence-corrected chi connectivity index (χ0v) is 9.64. The number of hydrogen-bond donors (Lipinski definition) is 2. The van der Waals surface area contributed by atoms with Gasteiger partial charge in [-0.05, 0) is 17.9 Å². The summed E-state index contributed by atoms with van der Waals surface area (Å²) in [4.78, 5) is 0. The summed E-state index contributed by atoms with van der Waals surface area (Å²) < 4.78 is 1.28. The Bertz CT molecular complexity index is 285. The first kappa shape index (κ1) is 11.4. The van der Waals surface area contributed by atoms with Gasteiger partial charge in [0.1, 0.15) is 5.84 Å². The Morgan fingerprint density at radius 2 is 2.57 bits per heavy atom. The van der Waals surface area contributed by atoms with Crippen molar-refractivity contribution < 1.29 is 5.21 Å². The highest BCUT2D eigenvalue weighted by Gasteiger charge is 2.11. The second kappa shape index (κ2) is 5.93. The van der Waals surface area contributed by atoms with Gasteiger partial charge in [-0.15, -0.1) is 23.1 Å². The van der Waals surface area contributed by atoms with Crippen LogP contribution < -0.4 is 5.73 Å². The third-order valence-corrected chi connectivity index (χ3v) is 4.24.